The average molecular weight is 444 g/mol. The van der Waals surface area contributed by atoms with Gasteiger partial charge in [0.25, 0.3) is 5.56 Å². The van der Waals surface area contributed by atoms with Gasteiger partial charge in [-0.05, 0) is 69.2 Å². The van der Waals surface area contributed by atoms with Crippen LogP contribution in [0.25, 0.3) is 16.6 Å². The molecule has 0 aliphatic heterocycles. The van der Waals surface area contributed by atoms with Crippen LogP contribution in [-0.4, -0.2) is 20.7 Å². The largest absolute Gasteiger partial charge is 0.325 e. The summed E-state index contributed by atoms with van der Waals surface area (Å²) in [4.78, 5) is 31.1. The topological polar surface area (TPSA) is 64.0 Å². The number of nitrogens with zero attached hydrogens (tertiary/aromatic N) is 2. The number of nitrogens with one attached hydrogen (secondary N) is 1. The number of aryl methyl sites for hydroxylation is 2. The molecule has 32 heavy (non-hydrogen) atoms. The van der Waals surface area contributed by atoms with Gasteiger partial charge in [-0.25, -0.2) is 4.98 Å². The second kappa shape index (κ2) is 9.01. The normalized spacial score (nSPS) is 12.0. The highest BCUT2D eigenvalue weighted by atomic mass is 32.2. The van der Waals surface area contributed by atoms with Crippen molar-refractivity contribution in [2.24, 2.45) is 0 Å². The molecule has 1 heterocycles. The van der Waals surface area contributed by atoms with E-state index in [2.05, 4.69) is 5.32 Å². The van der Waals surface area contributed by atoms with Crippen LogP contribution >= 0.6 is 11.8 Å². The van der Waals surface area contributed by atoms with Gasteiger partial charge in [0, 0.05) is 5.69 Å². The van der Waals surface area contributed by atoms with Crippen LogP contribution in [0.15, 0.2) is 76.7 Å². The molecular formula is C26H25N3O2S. The Morgan fingerprint density at radius 1 is 0.969 bits per heavy atom. The summed E-state index contributed by atoms with van der Waals surface area (Å²) >= 11 is 1.28. The Labute approximate surface area is 191 Å². The van der Waals surface area contributed by atoms with E-state index in [0.29, 0.717) is 16.1 Å². The van der Waals surface area contributed by atoms with E-state index in [9.17, 15) is 9.59 Å². The van der Waals surface area contributed by atoms with Gasteiger partial charge < -0.3 is 5.32 Å². The summed E-state index contributed by atoms with van der Waals surface area (Å²) in [5, 5.41) is 3.53. The molecule has 0 saturated heterocycles. The van der Waals surface area contributed by atoms with Crippen molar-refractivity contribution in [2.45, 2.75) is 38.1 Å². The molecule has 0 spiro atoms. The molecule has 4 aromatic rings. The number of anilines is 1. The number of benzene rings is 3. The van der Waals surface area contributed by atoms with Crippen molar-refractivity contribution in [3.63, 3.8) is 0 Å². The Balaban J connectivity index is 1.75. The van der Waals surface area contributed by atoms with Gasteiger partial charge in [-0.3, -0.25) is 14.2 Å². The van der Waals surface area contributed by atoms with Crippen LogP contribution in [0.4, 0.5) is 5.69 Å². The van der Waals surface area contributed by atoms with Crippen molar-refractivity contribution in [2.75, 3.05) is 5.32 Å². The first kappa shape index (κ1) is 21.8. The Bertz CT molecular complexity index is 1360. The molecule has 1 aromatic heterocycles. The number of hydrogen-bond acceptors (Lipinski definition) is 4. The van der Waals surface area contributed by atoms with Gasteiger partial charge in [0.2, 0.25) is 5.91 Å². The van der Waals surface area contributed by atoms with E-state index in [4.69, 9.17) is 4.98 Å². The lowest BCUT2D eigenvalue weighted by Gasteiger charge is -2.18. The SMILES string of the molecule is Cc1ccc(NC(=O)C(C)Sc2nc3ccccc3c(=O)n2-c2cccc(C)c2C)cc1. The van der Waals surface area contributed by atoms with Crippen LogP contribution in [0.5, 0.6) is 0 Å². The quantitative estimate of drug-likeness (QED) is 0.330. The minimum atomic E-state index is -0.458. The molecule has 1 atom stereocenters. The number of amides is 1. The average Bonchev–Trinajstić information content (AvgIpc) is 2.78. The molecule has 0 aliphatic carbocycles. The highest BCUT2D eigenvalue weighted by molar-refractivity contribution is 8.00. The van der Waals surface area contributed by atoms with Gasteiger partial charge in [0.15, 0.2) is 5.16 Å². The number of hydrogen-bond donors (Lipinski definition) is 1. The first-order valence-electron chi connectivity index (χ1n) is 10.5. The van der Waals surface area contributed by atoms with Crippen LogP contribution < -0.4 is 10.9 Å². The molecule has 5 nitrogen and oxygen atoms in total. The Kier molecular flexibility index (Phi) is 6.15. The lowest BCUT2D eigenvalue weighted by Crippen LogP contribution is -2.26. The number of fused-ring (bicyclic) bond motifs is 1. The van der Waals surface area contributed by atoms with Crippen LogP contribution in [0.3, 0.4) is 0 Å². The molecule has 1 unspecified atom stereocenters. The van der Waals surface area contributed by atoms with Gasteiger partial charge in [0.05, 0.1) is 21.8 Å². The second-order valence-corrected chi connectivity index (χ2v) is 9.19. The smallest absolute Gasteiger partial charge is 0.266 e. The predicted octanol–water partition coefficient (Wildman–Crippen LogP) is 5.43. The number of carbonyl (C=O) groups excluding carboxylic acids is 1. The molecule has 0 bridgehead atoms. The van der Waals surface area contributed by atoms with Crippen LogP contribution in [0.1, 0.15) is 23.6 Å². The predicted molar refractivity (Wildman–Crippen MR) is 132 cm³/mol. The molecule has 0 saturated carbocycles. The van der Waals surface area contributed by atoms with Crippen LogP contribution in [0, 0.1) is 20.8 Å². The molecule has 1 amide bonds. The first-order chi connectivity index (χ1) is 15.3. The Morgan fingerprint density at radius 2 is 1.69 bits per heavy atom. The van der Waals surface area contributed by atoms with Crippen LogP contribution in [-0.2, 0) is 4.79 Å². The molecule has 3 aromatic carbocycles. The molecule has 0 aliphatic rings. The van der Waals surface area contributed by atoms with Crippen molar-refractivity contribution < 1.29 is 4.79 Å². The summed E-state index contributed by atoms with van der Waals surface area (Å²) in [6, 6.07) is 20.8. The van der Waals surface area contributed by atoms with E-state index >= 15 is 0 Å². The van der Waals surface area contributed by atoms with Crippen molar-refractivity contribution in [1.29, 1.82) is 0 Å². The maximum absolute atomic E-state index is 13.5. The molecule has 4 rings (SSSR count). The summed E-state index contributed by atoms with van der Waals surface area (Å²) in [5.74, 6) is -0.145. The van der Waals surface area contributed by atoms with Gasteiger partial charge in [0.1, 0.15) is 0 Å². The minimum absolute atomic E-state index is 0.141. The van der Waals surface area contributed by atoms with Gasteiger partial charge in [-0.15, -0.1) is 0 Å². The fourth-order valence-electron chi connectivity index (χ4n) is 3.47. The third-order valence-corrected chi connectivity index (χ3v) is 6.58. The number of aromatic nitrogens is 2. The van der Waals surface area contributed by atoms with Gasteiger partial charge in [-0.1, -0.05) is 53.7 Å². The molecule has 6 heteroatoms. The summed E-state index contributed by atoms with van der Waals surface area (Å²) in [6.45, 7) is 7.84. The zero-order valence-electron chi connectivity index (χ0n) is 18.5. The van der Waals surface area contributed by atoms with Gasteiger partial charge >= 0.3 is 0 Å². The monoisotopic (exact) mass is 443 g/mol. The Morgan fingerprint density at radius 3 is 2.44 bits per heavy atom. The molecule has 1 N–H and O–H groups in total. The van der Waals surface area contributed by atoms with E-state index in [-0.39, 0.29) is 11.5 Å². The van der Waals surface area contributed by atoms with E-state index in [1.165, 1.54) is 11.8 Å². The minimum Gasteiger partial charge on any atom is -0.325 e. The van der Waals surface area contributed by atoms with E-state index in [0.717, 1.165) is 28.1 Å². The summed E-state index contributed by atoms with van der Waals surface area (Å²) in [5.41, 5.74) is 5.22. The first-order valence-corrected chi connectivity index (χ1v) is 11.4. The van der Waals surface area contributed by atoms with Crippen molar-refractivity contribution in [1.82, 2.24) is 9.55 Å². The third-order valence-electron chi connectivity index (χ3n) is 5.53. The highest BCUT2D eigenvalue weighted by Gasteiger charge is 2.21. The zero-order chi connectivity index (χ0) is 22.8. The van der Waals surface area contributed by atoms with E-state index < -0.39 is 5.25 Å². The van der Waals surface area contributed by atoms with Gasteiger partial charge in [-0.2, -0.15) is 0 Å². The highest BCUT2D eigenvalue weighted by Crippen LogP contribution is 2.27. The lowest BCUT2D eigenvalue weighted by atomic mass is 10.1. The van der Waals surface area contributed by atoms with Crippen molar-refractivity contribution in [3.05, 3.63) is 93.8 Å². The van der Waals surface area contributed by atoms with Crippen LogP contribution in [0.2, 0.25) is 0 Å². The number of carbonyl (C=O) groups is 1. The van der Waals surface area contributed by atoms with E-state index in [1.807, 2.05) is 88.4 Å². The van der Waals surface area contributed by atoms with Crippen molar-refractivity contribution >= 4 is 34.3 Å². The third kappa shape index (κ3) is 4.32. The molecule has 0 radical (unpaired) electrons. The fourth-order valence-corrected chi connectivity index (χ4v) is 4.39. The maximum atomic E-state index is 13.5. The number of para-hydroxylation sites is 1. The second-order valence-electron chi connectivity index (χ2n) is 7.89. The molecule has 0 fully saturated rings. The Hall–Kier alpha value is -3.38. The van der Waals surface area contributed by atoms with E-state index in [1.54, 1.807) is 10.6 Å². The molecule has 162 valence electrons. The zero-order valence-corrected chi connectivity index (χ0v) is 19.4. The summed E-state index contributed by atoms with van der Waals surface area (Å²) in [7, 11) is 0. The van der Waals surface area contributed by atoms with Crippen molar-refractivity contribution in [3.8, 4) is 5.69 Å². The summed E-state index contributed by atoms with van der Waals surface area (Å²) in [6.07, 6.45) is 0. The fraction of sp³-hybridized carbons (Fsp3) is 0.192. The number of rotatable bonds is 5. The standard InChI is InChI=1S/C26H25N3O2S/c1-16-12-14-20(15-13-16)27-24(30)19(4)32-26-28-22-10-6-5-9-21(22)25(31)29(26)23-11-7-8-17(2)18(23)3/h5-15,19H,1-4H3,(H,27,30). The molecular weight excluding hydrogens is 418 g/mol. The maximum Gasteiger partial charge on any atom is 0.266 e. The number of thioether (sulfide) groups is 1. The summed E-state index contributed by atoms with van der Waals surface area (Å²) < 4.78 is 1.63. The lowest BCUT2D eigenvalue weighted by molar-refractivity contribution is -0.115.